The Morgan fingerprint density at radius 2 is 2.23 bits per heavy atom. The summed E-state index contributed by atoms with van der Waals surface area (Å²) in [5.74, 6) is -0.820. The Morgan fingerprint density at radius 1 is 1.54 bits per heavy atom. The number of hydrogen-bond acceptors (Lipinski definition) is 4. The molecule has 0 heterocycles. The Bertz CT molecular complexity index is 141. The smallest absolute Gasteiger partial charge is 0.317 e. The van der Waals surface area contributed by atoms with E-state index in [-0.39, 0.29) is 6.54 Å². The molecule has 0 saturated carbocycles. The van der Waals surface area contributed by atoms with Crippen LogP contribution in [0.2, 0.25) is 0 Å². The third-order valence-electron chi connectivity index (χ3n) is 1.62. The molecule has 0 atom stereocenters. The van der Waals surface area contributed by atoms with Crippen LogP contribution in [0.5, 0.6) is 0 Å². The number of likely N-dealkylation sites (N-methyl/N-ethyl adjacent to an activating group) is 1. The number of carboxylic acid groups (broad SMARTS) is 1. The van der Waals surface area contributed by atoms with Gasteiger partial charge in [0.2, 0.25) is 0 Å². The van der Waals surface area contributed by atoms with Gasteiger partial charge in [0.1, 0.15) is 0 Å². The molecule has 13 heavy (non-hydrogen) atoms. The molecule has 0 unspecified atom stereocenters. The molecule has 0 radical (unpaired) electrons. The van der Waals surface area contributed by atoms with Gasteiger partial charge in [-0.15, -0.1) is 0 Å². The van der Waals surface area contributed by atoms with Gasteiger partial charge in [-0.3, -0.25) is 4.79 Å². The summed E-state index contributed by atoms with van der Waals surface area (Å²) in [5, 5.41) is 11.1. The van der Waals surface area contributed by atoms with Crippen molar-refractivity contribution in [1.82, 2.24) is 10.2 Å². The molecule has 0 aliphatic heterocycles. The van der Waals surface area contributed by atoms with E-state index in [1.165, 1.54) is 0 Å². The molecular formula is C8H18N2O3. The zero-order chi connectivity index (χ0) is 10.1. The summed E-state index contributed by atoms with van der Waals surface area (Å²) in [5.41, 5.74) is 0. The molecule has 78 valence electrons. The topological polar surface area (TPSA) is 61.8 Å². The highest BCUT2D eigenvalue weighted by molar-refractivity contribution is 5.68. The fourth-order valence-electron chi connectivity index (χ4n) is 0.824. The molecule has 5 nitrogen and oxygen atoms in total. The summed E-state index contributed by atoms with van der Waals surface area (Å²) in [6.45, 7) is 3.11. The second-order valence-electron chi connectivity index (χ2n) is 2.87. The average molecular weight is 190 g/mol. The van der Waals surface area contributed by atoms with Crippen molar-refractivity contribution in [2.75, 3.05) is 46.9 Å². The highest BCUT2D eigenvalue weighted by Gasteiger charge is 1.98. The minimum atomic E-state index is -0.820. The van der Waals surface area contributed by atoms with Gasteiger partial charge in [-0.05, 0) is 7.05 Å². The molecule has 5 heteroatoms. The minimum absolute atomic E-state index is 0.0259. The maximum atomic E-state index is 10.1. The van der Waals surface area contributed by atoms with E-state index < -0.39 is 5.97 Å². The third kappa shape index (κ3) is 9.26. The zero-order valence-corrected chi connectivity index (χ0v) is 8.25. The predicted molar refractivity (Wildman–Crippen MR) is 49.9 cm³/mol. The standard InChI is InChI=1S/C8H18N2O3/c1-10(5-6-13-2)4-3-9-7-8(11)12/h9H,3-7H2,1-2H3,(H,11,12). The molecule has 2 N–H and O–H groups in total. The lowest BCUT2D eigenvalue weighted by atomic mass is 10.5. The summed E-state index contributed by atoms with van der Waals surface area (Å²) in [7, 11) is 3.64. The molecule has 0 fully saturated rings. The van der Waals surface area contributed by atoms with Crippen LogP contribution >= 0.6 is 0 Å². The Balaban J connectivity index is 3.16. The van der Waals surface area contributed by atoms with E-state index in [1.54, 1.807) is 7.11 Å². The van der Waals surface area contributed by atoms with Crippen LogP contribution in [0.15, 0.2) is 0 Å². The summed E-state index contributed by atoms with van der Waals surface area (Å²) in [6.07, 6.45) is 0. The van der Waals surface area contributed by atoms with Crippen LogP contribution in [0, 0.1) is 0 Å². The lowest BCUT2D eigenvalue weighted by Crippen LogP contribution is -2.33. The maximum absolute atomic E-state index is 10.1. The summed E-state index contributed by atoms with van der Waals surface area (Å²) < 4.78 is 4.90. The number of carbonyl (C=O) groups is 1. The monoisotopic (exact) mass is 190 g/mol. The van der Waals surface area contributed by atoms with Crippen LogP contribution in [0.4, 0.5) is 0 Å². The van der Waals surface area contributed by atoms with Crippen molar-refractivity contribution >= 4 is 5.97 Å². The highest BCUT2D eigenvalue weighted by atomic mass is 16.5. The Labute approximate surface area is 78.7 Å². The molecule has 0 aromatic carbocycles. The first-order valence-electron chi connectivity index (χ1n) is 4.26. The number of aliphatic carboxylic acids is 1. The Hall–Kier alpha value is -0.650. The van der Waals surface area contributed by atoms with E-state index in [0.717, 1.165) is 13.1 Å². The van der Waals surface area contributed by atoms with Gasteiger partial charge in [0.05, 0.1) is 13.2 Å². The first-order valence-corrected chi connectivity index (χ1v) is 4.26. The van der Waals surface area contributed by atoms with Gasteiger partial charge in [0.25, 0.3) is 0 Å². The zero-order valence-electron chi connectivity index (χ0n) is 8.25. The van der Waals surface area contributed by atoms with Gasteiger partial charge in [0.15, 0.2) is 0 Å². The first-order chi connectivity index (χ1) is 6.16. The van der Waals surface area contributed by atoms with Crippen molar-refractivity contribution < 1.29 is 14.6 Å². The number of nitrogens with one attached hydrogen (secondary N) is 1. The van der Waals surface area contributed by atoms with E-state index in [9.17, 15) is 4.79 Å². The minimum Gasteiger partial charge on any atom is -0.480 e. The van der Waals surface area contributed by atoms with Crippen LogP contribution in [-0.2, 0) is 9.53 Å². The van der Waals surface area contributed by atoms with Crippen LogP contribution < -0.4 is 5.32 Å². The van der Waals surface area contributed by atoms with Crippen LogP contribution in [0.25, 0.3) is 0 Å². The quantitative estimate of drug-likeness (QED) is 0.493. The molecule has 0 spiro atoms. The molecule has 0 aliphatic carbocycles. The number of nitrogens with zero attached hydrogens (tertiary/aromatic N) is 1. The van der Waals surface area contributed by atoms with Gasteiger partial charge >= 0.3 is 5.97 Å². The third-order valence-corrected chi connectivity index (χ3v) is 1.62. The lowest BCUT2D eigenvalue weighted by Gasteiger charge is -2.15. The summed E-state index contributed by atoms with van der Waals surface area (Å²) >= 11 is 0. The predicted octanol–water partition coefficient (Wildman–Crippen LogP) is -0.761. The van der Waals surface area contributed by atoms with Gasteiger partial charge in [0, 0.05) is 26.7 Å². The molecule has 0 aromatic rings. The number of hydrogen-bond donors (Lipinski definition) is 2. The van der Waals surface area contributed by atoms with Crippen LogP contribution in [-0.4, -0.2) is 62.9 Å². The summed E-state index contributed by atoms with van der Waals surface area (Å²) in [6, 6.07) is 0. The number of carboxylic acids is 1. The number of methoxy groups -OCH3 is 1. The van der Waals surface area contributed by atoms with Crippen molar-refractivity contribution in [2.24, 2.45) is 0 Å². The van der Waals surface area contributed by atoms with Crippen molar-refractivity contribution in [3.8, 4) is 0 Å². The normalized spacial score (nSPS) is 10.7. The molecule has 0 saturated heterocycles. The van der Waals surface area contributed by atoms with Crippen molar-refractivity contribution in [2.45, 2.75) is 0 Å². The van der Waals surface area contributed by atoms with Crippen molar-refractivity contribution in [3.63, 3.8) is 0 Å². The lowest BCUT2D eigenvalue weighted by molar-refractivity contribution is -0.135. The fraction of sp³-hybridized carbons (Fsp3) is 0.875. The second-order valence-corrected chi connectivity index (χ2v) is 2.87. The molecule has 0 aromatic heterocycles. The van der Waals surface area contributed by atoms with E-state index in [0.29, 0.717) is 13.2 Å². The van der Waals surface area contributed by atoms with Crippen molar-refractivity contribution in [3.05, 3.63) is 0 Å². The SMILES string of the molecule is COCCN(C)CCNCC(=O)O. The van der Waals surface area contributed by atoms with Gasteiger partial charge in [-0.25, -0.2) is 0 Å². The average Bonchev–Trinajstić information content (AvgIpc) is 2.08. The van der Waals surface area contributed by atoms with E-state index in [1.807, 2.05) is 7.05 Å². The molecular weight excluding hydrogens is 172 g/mol. The number of ether oxygens (including phenoxy) is 1. The van der Waals surface area contributed by atoms with Gasteiger partial charge in [-0.2, -0.15) is 0 Å². The molecule has 0 aliphatic rings. The van der Waals surface area contributed by atoms with E-state index in [2.05, 4.69) is 10.2 Å². The Kier molecular flexibility index (Phi) is 7.57. The summed E-state index contributed by atoms with van der Waals surface area (Å²) in [4.78, 5) is 12.2. The van der Waals surface area contributed by atoms with Gasteiger partial charge < -0.3 is 20.1 Å². The first kappa shape index (κ1) is 12.3. The van der Waals surface area contributed by atoms with E-state index >= 15 is 0 Å². The van der Waals surface area contributed by atoms with Crippen molar-refractivity contribution in [1.29, 1.82) is 0 Å². The number of rotatable bonds is 8. The van der Waals surface area contributed by atoms with E-state index in [4.69, 9.17) is 9.84 Å². The maximum Gasteiger partial charge on any atom is 0.317 e. The second kappa shape index (κ2) is 7.97. The van der Waals surface area contributed by atoms with Crippen LogP contribution in [0.3, 0.4) is 0 Å². The van der Waals surface area contributed by atoms with Crippen LogP contribution in [0.1, 0.15) is 0 Å². The fourth-order valence-corrected chi connectivity index (χ4v) is 0.824. The molecule has 0 rings (SSSR count). The highest BCUT2D eigenvalue weighted by Crippen LogP contribution is 1.80. The molecule has 0 amide bonds. The largest absolute Gasteiger partial charge is 0.480 e. The Morgan fingerprint density at radius 3 is 2.77 bits per heavy atom. The molecule has 0 bridgehead atoms. The van der Waals surface area contributed by atoms with Gasteiger partial charge in [-0.1, -0.05) is 0 Å².